The molecule has 0 radical (unpaired) electrons. The van der Waals surface area contributed by atoms with Crippen LogP contribution in [0.5, 0.6) is 0 Å². The van der Waals surface area contributed by atoms with Crippen molar-refractivity contribution in [2.75, 3.05) is 6.61 Å². The van der Waals surface area contributed by atoms with E-state index in [1.165, 1.54) is 0 Å². The molecule has 0 unspecified atom stereocenters. The molecule has 84 valence electrons. The van der Waals surface area contributed by atoms with Gasteiger partial charge in [-0.25, -0.2) is 4.79 Å². The van der Waals surface area contributed by atoms with Crippen molar-refractivity contribution in [2.45, 2.75) is 38.9 Å². The highest BCUT2D eigenvalue weighted by molar-refractivity contribution is 5.67. The average Bonchev–Trinajstić information content (AvgIpc) is 1.78. The third kappa shape index (κ3) is 9.15. The molecular formula is C8H14F3NO2. The van der Waals surface area contributed by atoms with Crippen molar-refractivity contribution < 1.29 is 22.7 Å². The Morgan fingerprint density at radius 1 is 1.29 bits per heavy atom. The van der Waals surface area contributed by atoms with E-state index in [1.807, 2.05) is 0 Å². The van der Waals surface area contributed by atoms with Crippen molar-refractivity contribution in [1.29, 1.82) is 0 Å². The quantitative estimate of drug-likeness (QED) is 0.765. The number of rotatable bonds is 2. The highest BCUT2D eigenvalue weighted by atomic mass is 19.4. The highest BCUT2D eigenvalue weighted by Gasteiger charge is 2.27. The van der Waals surface area contributed by atoms with Crippen LogP contribution in [0.1, 0.15) is 27.2 Å². The van der Waals surface area contributed by atoms with Crippen LogP contribution in [0.3, 0.4) is 0 Å². The van der Waals surface area contributed by atoms with E-state index < -0.39 is 30.8 Å². The number of hydrogen-bond acceptors (Lipinski definition) is 2. The van der Waals surface area contributed by atoms with Crippen molar-refractivity contribution in [3.8, 4) is 0 Å². The number of carbonyl (C=O) groups excluding carboxylic acids is 1. The lowest BCUT2D eigenvalue weighted by molar-refractivity contribution is -0.141. The lowest BCUT2D eigenvalue weighted by Gasteiger charge is -2.20. The number of hydrogen-bond donors (Lipinski definition) is 1. The van der Waals surface area contributed by atoms with Crippen molar-refractivity contribution in [3.05, 3.63) is 0 Å². The summed E-state index contributed by atoms with van der Waals surface area (Å²) in [6.07, 6.45) is -6.24. The fraction of sp³-hybridized carbons (Fsp3) is 0.875. The summed E-state index contributed by atoms with van der Waals surface area (Å²) in [6.45, 7) is 4.47. The van der Waals surface area contributed by atoms with E-state index in [2.05, 4.69) is 10.1 Å². The minimum atomic E-state index is -4.29. The van der Waals surface area contributed by atoms with Crippen LogP contribution >= 0.6 is 0 Å². The van der Waals surface area contributed by atoms with E-state index in [0.717, 1.165) is 0 Å². The van der Waals surface area contributed by atoms with Gasteiger partial charge in [-0.05, 0) is 20.8 Å². The van der Waals surface area contributed by atoms with Crippen molar-refractivity contribution in [2.24, 2.45) is 0 Å². The summed E-state index contributed by atoms with van der Waals surface area (Å²) in [4.78, 5) is 10.8. The van der Waals surface area contributed by atoms with Crippen LogP contribution in [0.2, 0.25) is 0 Å². The van der Waals surface area contributed by atoms with Gasteiger partial charge in [-0.2, -0.15) is 13.2 Å². The predicted molar refractivity (Wildman–Crippen MR) is 44.9 cm³/mol. The van der Waals surface area contributed by atoms with Gasteiger partial charge >= 0.3 is 12.3 Å². The second kappa shape index (κ2) is 4.52. The Balaban J connectivity index is 3.66. The summed E-state index contributed by atoms with van der Waals surface area (Å²) in [5, 5.41) is 2.38. The van der Waals surface area contributed by atoms with Gasteiger partial charge in [0.1, 0.15) is 6.61 Å². The molecule has 3 nitrogen and oxygen atoms in total. The van der Waals surface area contributed by atoms with Crippen molar-refractivity contribution in [1.82, 2.24) is 5.32 Å². The summed E-state index contributed by atoms with van der Waals surface area (Å²) in [7, 11) is 0. The summed E-state index contributed by atoms with van der Waals surface area (Å²) >= 11 is 0. The van der Waals surface area contributed by atoms with Crippen LogP contribution in [0.4, 0.5) is 18.0 Å². The van der Waals surface area contributed by atoms with E-state index in [0.29, 0.717) is 0 Å². The van der Waals surface area contributed by atoms with Crippen LogP contribution in [-0.2, 0) is 4.74 Å². The zero-order valence-corrected chi connectivity index (χ0v) is 8.36. The molecule has 14 heavy (non-hydrogen) atoms. The fourth-order valence-electron chi connectivity index (χ4n) is 0.602. The second-order valence-corrected chi connectivity index (χ2v) is 3.88. The van der Waals surface area contributed by atoms with Gasteiger partial charge in [-0.15, -0.1) is 0 Å². The first-order valence-corrected chi connectivity index (χ1v) is 4.12. The molecule has 0 bridgehead atoms. The third-order valence-electron chi connectivity index (χ3n) is 1.10. The Labute approximate surface area is 80.6 Å². The zero-order chi connectivity index (χ0) is 11.4. The maximum atomic E-state index is 11.6. The molecule has 0 aliphatic carbocycles. The van der Waals surface area contributed by atoms with Crippen LogP contribution in [-0.4, -0.2) is 24.4 Å². The van der Waals surface area contributed by atoms with Crippen molar-refractivity contribution in [3.63, 3.8) is 0 Å². The minimum absolute atomic E-state index is 0.505. The molecule has 6 heteroatoms. The molecule has 1 N–H and O–H groups in total. The van der Waals surface area contributed by atoms with Crippen LogP contribution in [0.15, 0.2) is 0 Å². The lowest BCUT2D eigenvalue weighted by Crippen LogP contribution is -2.41. The molecule has 0 aliphatic rings. The average molecular weight is 213 g/mol. The summed E-state index contributed by atoms with van der Waals surface area (Å²) in [5.41, 5.74) is -0.505. The minimum Gasteiger partial charge on any atom is -0.449 e. The maximum absolute atomic E-state index is 11.6. The molecule has 0 aliphatic heterocycles. The topological polar surface area (TPSA) is 38.3 Å². The number of halogens is 3. The number of amides is 1. The Morgan fingerprint density at radius 2 is 1.79 bits per heavy atom. The largest absolute Gasteiger partial charge is 0.449 e. The van der Waals surface area contributed by atoms with Crippen LogP contribution in [0, 0.1) is 0 Å². The van der Waals surface area contributed by atoms with Gasteiger partial charge in [0.25, 0.3) is 0 Å². The molecule has 0 aromatic heterocycles. The molecule has 0 saturated heterocycles. The van der Waals surface area contributed by atoms with Crippen LogP contribution < -0.4 is 5.32 Å². The highest BCUT2D eigenvalue weighted by Crippen LogP contribution is 2.18. The number of alkyl halides is 3. The molecule has 0 spiro atoms. The first-order valence-electron chi connectivity index (χ1n) is 4.12. The smallest absolute Gasteiger partial charge is 0.407 e. The molecule has 0 aromatic carbocycles. The Hall–Kier alpha value is -0.940. The van der Waals surface area contributed by atoms with Gasteiger partial charge < -0.3 is 10.1 Å². The number of alkyl carbamates (subject to hydrolysis) is 1. The predicted octanol–water partition coefficient (Wildman–Crippen LogP) is 2.46. The molecule has 1 amide bonds. The first-order chi connectivity index (χ1) is 6.10. The molecule has 0 rings (SSSR count). The van der Waals surface area contributed by atoms with Gasteiger partial charge in [-0.1, -0.05) is 0 Å². The second-order valence-electron chi connectivity index (χ2n) is 3.88. The van der Waals surface area contributed by atoms with E-state index >= 15 is 0 Å². The normalized spacial score (nSPS) is 12.4. The molecule has 0 saturated carbocycles. The van der Waals surface area contributed by atoms with E-state index in [9.17, 15) is 18.0 Å². The molecule has 0 fully saturated rings. The van der Waals surface area contributed by atoms with Crippen molar-refractivity contribution >= 4 is 6.09 Å². The number of carbonyl (C=O) groups is 1. The number of ether oxygens (including phenoxy) is 1. The lowest BCUT2D eigenvalue weighted by atomic mass is 10.1. The van der Waals surface area contributed by atoms with Gasteiger partial charge in [0, 0.05) is 5.54 Å². The summed E-state index contributed by atoms with van der Waals surface area (Å²) < 4.78 is 39.2. The molecule has 0 aromatic rings. The Morgan fingerprint density at radius 3 is 2.14 bits per heavy atom. The monoisotopic (exact) mass is 213 g/mol. The maximum Gasteiger partial charge on any atom is 0.407 e. The SMILES string of the molecule is CC(C)(C)NC(=O)OCCC(F)(F)F. The van der Waals surface area contributed by atoms with Crippen LogP contribution in [0.25, 0.3) is 0 Å². The Bertz CT molecular complexity index is 196. The van der Waals surface area contributed by atoms with Gasteiger partial charge in [-0.3, -0.25) is 0 Å². The molecular weight excluding hydrogens is 199 g/mol. The van der Waals surface area contributed by atoms with Gasteiger partial charge in [0.05, 0.1) is 6.42 Å². The van der Waals surface area contributed by atoms with E-state index in [-0.39, 0.29) is 0 Å². The third-order valence-corrected chi connectivity index (χ3v) is 1.10. The van der Waals surface area contributed by atoms with E-state index in [1.54, 1.807) is 20.8 Å². The first kappa shape index (κ1) is 13.1. The van der Waals surface area contributed by atoms with Gasteiger partial charge in [0.15, 0.2) is 0 Å². The summed E-state index contributed by atoms with van der Waals surface area (Å²) in [6, 6.07) is 0. The Kier molecular flexibility index (Phi) is 4.22. The van der Waals surface area contributed by atoms with E-state index in [4.69, 9.17) is 0 Å². The summed E-state index contributed by atoms with van der Waals surface area (Å²) in [5.74, 6) is 0. The van der Waals surface area contributed by atoms with Gasteiger partial charge in [0.2, 0.25) is 0 Å². The number of nitrogens with one attached hydrogen (secondary N) is 1. The standard InChI is InChI=1S/C8H14F3NO2/c1-7(2,3)12-6(13)14-5-4-8(9,10)11/h4-5H2,1-3H3,(H,12,13). The zero-order valence-electron chi connectivity index (χ0n) is 8.36. The molecule has 0 atom stereocenters. The fourth-order valence-corrected chi connectivity index (χ4v) is 0.602. The molecule has 0 heterocycles.